The number of rotatable bonds is 5. The molecule has 0 fully saturated rings. The predicted octanol–water partition coefficient (Wildman–Crippen LogP) is 4.90. The highest BCUT2D eigenvalue weighted by molar-refractivity contribution is 7.86. The number of non-ortho nitro benzene ring substituents is 1. The predicted molar refractivity (Wildman–Crippen MR) is 128 cm³/mol. The maximum Gasteiger partial charge on any atom is 0.295 e. The fourth-order valence-corrected chi connectivity index (χ4v) is 4.37. The van der Waals surface area contributed by atoms with Crippen LogP contribution in [0.4, 0.5) is 5.69 Å². The second kappa shape index (κ2) is 8.18. The second-order valence-electron chi connectivity index (χ2n) is 7.52. The molecule has 0 saturated heterocycles. The van der Waals surface area contributed by atoms with E-state index in [1.54, 1.807) is 23.0 Å². The van der Waals surface area contributed by atoms with Gasteiger partial charge in [0.1, 0.15) is 15.9 Å². The summed E-state index contributed by atoms with van der Waals surface area (Å²) in [6.07, 6.45) is 3.11. The summed E-state index contributed by atoms with van der Waals surface area (Å²) < 4.78 is 32.8. The SMILES string of the molecule is O=[N+]([O-])c1ccc(/C=C/c2ccc(-n3nc4ccc5ccccc5c4n3)cc2)c(S(=O)(=O)O)c1. The number of fused-ring (bicyclic) bond motifs is 3. The highest BCUT2D eigenvalue weighted by Gasteiger charge is 2.18. The molecule has 0 unspecified atom stereocenters. The minimum atomic E-state index is -4.64. The van der Waals surface area contributed by atoms with Crippen LogP contribution < -0.4 is 0 Å². The summed E-state index contributed by atoms with van der Waals surface area (Å²) in [5.41, 5.74) is 2.76. The van der Waals surface area contributed by atoms with E-state index in [4.69, 9.17) is 0 Å². The summed E-state index contributed by atoms with van der Waals surface area (Å²) in [7, 11) is -4.64. The first kappa shape index (κ1) is 21.4. The molecule has 5 rings (SSSR count). The van der Waals surface area contributed by atoms with Crippen LogP contribution in [0.2, 0.25) is 0 Å². The zero-order valence-corrected chi connectivity index (χ0v) is 18.3. The molecular weight excluding hydrogens is 456 g/mol. The highest BCUT2D eigenvalue weighted by atomic mass is 32.2. The Bertz CT molecular complexity index is 1710. The van der Waals surface area contributed by atoms with Crippen molar-refractivity contribution in [2.45, 2.75) is 4.90 Å². The van der Waals surface area contributed by atoms with Gasteiger partial charge < -0.3 is 0 Å². The number of benzene rings is 4. The van der Waals surface area contributed by atoms with Gasteiger partial charge in [0.2, 0.25) is 0 Å². The van der Waals surface area contributed by atoms with Crippen molar-refractivity contribution in [3.05, 3.63) is 100 Å². The molecule has 168 valence electrons. The van der Waals surface area contributed by atoms with Gasteiger partial charge in [-0.05, 0) is 40.8 Å². The first-order chi connectivity index (χ1) is 16.3. The van der Waals surface area contributed by atoms with Crippen molar-refractivity contribution >= 4 is 49.8 Å². The van der Waals surface area contributed by atoms with Gasteiger partial charge >= 0.3 is 0 Å². The van der Waals surface area contributed by atoms with Crippen molar-refractivity contribution in [2.24, 2.45) is 0 Å². The number of aromatic nitrogens is 3. The van der Waals surface area contributed by atoms with Crippen molar-refractivity contribution in [1.82, 2.24) is 15.0 Å². The number of hydrogen-bond acceptors (Lipinski definition) is 6. The monoisotopic (exact) mass is 472 g/mol. The van der Waals surface area contributed by atoms with Gasteiger partial charge in [0.05, 0.1) is 10.6 Å². The summed E-state index contributed by atoms with van der Waals surface area (Å²) in [5, 5.41) is 22.2. The second-order valence-corrected chi connectivity index (χ2v) is 8.91. The normalized spacial score (nSPS) is 12.0. The molecule has 0 radical (unpaired) electrons. The molecule has 0 atom stereocenters. The lowest BCUT2D eigenvalue weighted by atomic mass is 10.1. The highest BCUT2D eigenvalue weighted by Crippen LogP contribution is 2.25. The number of hydrogen-bond donors (Lipinski definition) is 1. The summed E-state index contributed by atoms with van der Waals surface area (Å²) in [6.45, 7) is 0. The third-order valence-corrected chi connectivity index (χ3v) is 6.25. The molecule has 34 heavy (non-hydrogen) atoms. The van der Waals surface area contributed by atoms with Crippen LogP contribution in [0.3, 0.4) is 0 Å². The van der Waals surface area contributed by atoms with Gasteiger partial charge in [-0.2, -0.15) is 13.2 Å². The van der Waals surface area contributed by atoms with Gasteiger partial charge in [0.15, 0.2) is 0 Å². The van der Waals surface area contributed by atoms with Gasteiger partial charge in [-0.3, -0.25) is 14.7 Å². The fraction of sp³-hybridized carbons (Fsp3) is 0. The van der Waals surface area contributed by atoms with Gasteiger partial charge in [-0.25, -0.2) is 0 Å². The zero-order valence-electron chi connectivity index (χ0n) is 17.4. The summed E-state index contributed by atoms with van der Waals surface area (Å²) in [5.74, 6) is 0. The molecule has 0 spiro atoms. The lowest BCUT2D eigenvalue weighted by Gasteiger charge is -2.03. The van der Waals surface area contributed by atoms with Gasteiger partial charge in [0.25, 0.3) is 15.8 Å². The summed E-state index contributed by atoms with van der Waals surface area (Å²) in [4.78, 5) is 11.2. The smallest absolute Gasteiger partial charge is 0.282 e. The lowest BCUT2D eigenvalue weighted by molar-refractivity contribution is -0.385. The summed E-state index contributed by atoms with van der Waals surface area (Å²) >= 11 is 0. The van der Waals surface area contributed by atoms with E-state index in [9.17, 15) is 23.1 Å². The first-order valence-corrected chi connectivity index (χ1v) is 11.5. The standard InChI is InChI=1S/C24H16N4O5S/c29-28(30)20-13-9-18(23(15-20)34(31,32)33)8-5-16-6-11-19(12-7-16)27-25-22-14-10-17-3-1-2-4-21(17)24(22)26-27/h1-15H,(H,31,32,33)/b8-5+. The zero-order chi connectivity index (χ0) is 23.9. The van der Waals surface area contributed by atoms with Crippen LogP contribution in [0.1, 0.15) is 11.1 Å². The van der Waals surface area contributed by atoms with Gasteiger partial charge in [-0.15, -0.1) is 10.2 Å². The number of nitrogens with zero attached hydrogens (tertiary/aromatic N) is 4. The van der Waals surface area contributed by atoms with Gasteiger partial charge in [0, 0.05) is 17.5 Å². The van der Waals surface area contributed by atoms with E-state index in [-0.39, 0.29) is 5.56 Å². The molecular formula is C24H16N4O5S. The van der Waals surface area contributed by atoms with Crippen LogP contribution in [-0.4, -0.2) is 32.9 Å². The van der Waals surface area contributed by atoms with E-state index in [0.29, 0.717) is 0 Å². The first-order valence-electron chi connectivity index (χ1n) is 10.1. The molecule has 1 aromatic heterocycles. The van der Waals surface area contributed by atoms with Crippen molar-refractivity contribution < 1.29 is 17.9 Å². The van der Waals surface area contributed by atoms with E-state index in [0.717, 1.165) is 39.1 Å². The Morgan fingerprint density at radius 1 is 0.912 bits per heavy atom. The molecule has 0 aliphatic heterocycles. The van der Waals surface area contributed by atoms with E-state index in [1.807, 2.05) is 48.5 Å². The van der Waals surface area contributed by atoms with E-state index < -0.39 is 25.6 Å². The lowest BCUT2D eigenvalue weighted by Crippen LogP contribution is -2.02. The summed E-state index contributed by atoms with van der Waals surface area (Å²) in [6, 6.07) is 22.4. The van der Waals surface area contributed by atoms with E-state index in [1.165, 1.54) is 18.2 Å². The number of nitro groups is 1. The molecule has 1 N–H and O–H groups in total. The molecule has 0 aliphatic carbocycles. The van der Waals surface area contributed by atoms with Crippen molar-refractivity contribution in [3.63, 3.8) is 0 Å². The molecule has 0 bridgehead atoms. The minimum absolute atomic E-state index is 0.129. The Hall–Kier alpha value is -4.41. The minimum Gasteiger partial charge on any atom is -0.282 e. The Labute approximate surface area is 193 Å². The largest absolute Gasteiger partial charge is 0.295 e. The Kier molecular flexibility index (Phi) is 5.16. The van der Waals surface area contributed by atoms with Crippen molar-refractivity contribution in [1.29, 1.82) is 0 Å². The van der Waals surface area contributed by atoms with Gasteiger partial charge in [-0.1, -0.05) is 54.6 Å². The van der Waals surface area contributed by atoms with Crippen LogP contribution in [0.25, 0.3) is 39.6 Å². The number of nitro benzene ring substituents is 1. The van der Waals surface area contributed by atoms with Crippen molar-refractivity contribution in [3.8, 4) is 5.69 Å². The Morgan fingerprint density at radius 3 is 2.41 bits per heavy atom. The Morgan fingerprint density at radius 2 is 1.68 bits per heavy atom. The van der Waals surface area contributed by atoms with Crippen LogP contribution in [0.15, 0.2) is 83.8 Å². The van der Waals surface area contributed by atoms with E-state index in [2.05, 4.69) is 10.2 Å². The third-order valence-electron chi connectivity index (χ3n) is 5.34. The molecule has 4 aromatic carbocycles. The van der Waals surface area contributed by atoms with Crippen molar-refractivity contribution in [2.75, 3.05) is 0 Å². The molecule has 0 saturated carbocycles. The van der Waals surface area contributed by atoms with Crippen LogP contribution in [-0.2, 0) is 10.1 Å². The van der Waals surface area contributed by atoms with Crippen LogP contribution in [0, 0.1) is 10.1 Å². The maximum absolute atomic E-state index is 11.7. The van der Waals surface area contributed by atoms with Crippen LogP contribution in [0.5, 0.6) is 0 Å². The van der Waals surface area contributed by atoms with Crippen LogP contribution >= 0.6 is 0 Å². The molecule has 9 nitrogen and oxygen atoms in total. The molecule has 10 heteroatoms. The fourth-order valence-electron chi connectivity index (χ4n) is 3.67. The molecule has 5 aromatic rings. The van der Waals surface area contributed by atoms with E-state index >= 15 is 0 Å². The quantitative estimate of drug-likeness (QED) is 0.167. The Balaban J connectivity index is 1.45. The molecule has 1 heterocycles. The molecule has 0 amide bonds. The molecule has 0 aliphatic rings. The third kappa shape index (κ3) is 4.03. The maximum atomic E-state index is 11.7. The average Bonchev–Trinajstić information content (AvgIpc) is 3.27. The average molecular weight is 472 g/mol. The topological polar surface area (TPSA) is 128 Å².